The van der Waals surface area contributed by atoms with Crippen LogP contribution in [0, 0.1) is 19.7 Å². The van der Waals surface area contributed by atoms with Crippen molar-refractivity contribution in [2.75, 3.05) is 13.7 Å². The van der Waals surface area contributed by atoms with Crippen LogP contribution in [-0.2, 0) is 20.7 Å². The van der Waals surface area contributed by atoms with Gasteiger partial charge in [0.15, 0.2) is 0 Å². The SMILES string of the molecule is COCCC(NC(=O)Cc1c(C)nn(-c2ccc(F)cc2)c1C)C(=O)O. The molecule has 7 nitrogen and oxygen atoms in total. The molecule has 2 aromatic rings. The molecule has 1 aromatic heterocycles. The first-order valence-corrected chi connectivity index (χ1v) is 8.15. The number of carbonyl (C=O) groups is 2. The number of ether oxygens (including phenoxy) is 1. The number of carboxylic acid groups (broad SMARTS) is 1. The van der Waals surface area contributed by atoms with E-state index in [1.807, 2.05) is 6.92 Å². The summed E-state index contributed by atoms with van der Waals surface area (Å²) in [5, 5.41) is 16.1. The predicted octanol–water partition coefficient (Wildman–Crippen LogP) is 1.78. The van der Waals surface area contributed by atoms with Crippen LogP contribution in [0.1, 0.15) is 23.4 Å². The fourth-order valence-electron chi connectivity index (χ4n) is 2.66. The maximum Gasteiger partial charge on any atom is 0.326 e. The van der Waals surface area contributed by atoms with Gasteiger partial charge in [-0.05, 0) is 38.1 Å². The topological polar surface area (TPSA) is 93.5 Å². The number of halogens is 1. The highest BCUT2D eigenvalue weighted by Gasteiger charge is 2.22. The maximum atomic E-state index is 13.1. The van der Waals surface area contributed by atoms with E-state index in [2.05, 4.69) is 10.4 Å². The molecule has 26 heavy (non-hydrogen) atoms. The van der Waals surface area contributed by atoms with Crippen LogP contribution >= 0.6 is 0 Å². The van der Waals surface area contributed by atoms with E-state index in [1.165, 1.54) is 19.2 Å². The van der Waals surface area contributed by atoms with Gasteiger partial charge in [0.1, 0.15) is 11.9 Å². The number of carboxylic acids is 1. The molecule has 0 aliphatic carbocycles. The highest BCUT2D eigenvalue weighted by atomic mass is 19.1. The van der Waals surface area contributed by atoms with E-state index in [9.17, 15) is 19.1 Å². The summed E-state index contributed by atoms with van der Waals surface area (Å²) in [6.45, 7) is 3.82. The van der Waals surface area contributed by atoms with Crippen molar-refractivity contribution in [2.45, 2.75) is 32.7 Å². The number of carbonyl (C=O) groups excluding carboxylic acids is 1. The zero-order valence-electron chi connectivity index (χ0n) is 15.0. The van der Waals surface area contributed by atoms with Crippen molar-refractivity contribution in [1.82, 2.24) is 15.1 Å². The second-order valence-electron chi connectivity index (χ2n) is 5.95. The molecule has 0 spiro atoms. The third kappa shape index (κ3) is 4.66. The molecule has 0 saturated heterocycles. The highest BCUT2D eigenvalue weighted by Crippen LogP contribution is 2.19. The Morgan fingerprint density at radius 3 is 2.54 bits per heavy atom. The van der Waals surface area contributed by atoms with Crippen molar-refractivity contribution < 1.29 is 23.8 Å². The first-order chi connectivity index (χ1) is 12.3. The molecular formula is C18H22FN3O4. The monoisotopic (exact) mass is 363 g/mol. The third-order valence-corrected chi connectivity index (χ3v) is 4.09. The van der Waals surface area contributed by atoms with Gasteiger partial charge in [0.25, 0.3) is 0 Å². The average molecular weight is 363 g/mol. The highest BCUT2D eigenvalue weighted by molar-refractivity contribution is 5.85. The Labute approximate surface area is 150 Å². The van der Waals surface area contributed by atoms with Crippen molar-refractivity contribution in [1.29, 1.82) is 0 Å². The Balaban J connectivity index is 2.15. The summed E-state index contributed by atoms with van der Waals surface area (Å²) in [4.78, 5) is 23.5. The molecule has 8 heteroatoms. The largest absolute Gasteiger partial charge is 0.480 e. The van der Waals surface area contributed by atoms with Crippen LogP contribution < -0.4 is 5.32 Å². The van der Waals surface area contributed by atoms with E-state index >= 15 is 0 Å². The first-order valence-electron chi connectivity index (χ1n) is 8.15. The number of benzene rings is 1. The number of rotatable bonds is 8. The predicted molar refractivity (Wildman–Crippen MR) is 92.8 cm³/mol. The Morgan fingerprint density at radius 1 is 1.31 bits per heavy atom. The van der Waals surface area contributed by atoms with Gasteiger partial charge in [-0.15, -0.1) is 0 Å². The van der Waals surface area contributed by atoms with Crippen LogP contribution in [0.3, 0.4) is 0 Å². The zero-order valence-corrected chi connectivity index (χ0v) is 15.0. The van der Waals surface area contributed by atoms with Gasteiger partial charge >= 0.3 is 5.97 Å². The van der Waals surface area contributed by atoms with Crippen LogP contribution in [-0.4, -0.2) is 46.5 Å². The second-order valence-corrected chi connectivity index (χ2v) is 5.95. The van der Waals surface area contributed by atoms with E-state index in [0.29, 0.717) is 16.9 Å². The van der Waals surface area contributed by atoms with Crippen molar-refractivity contribution in [3.63, 3.8) is 0 Å². The number of methoxy groups -OCH3 is 1. The molecule has 0 aliphatic heterocycles. The van der Waals surface area contributed by atoms with Gasteiger partial charge in [-0.2, -0.15) is 5.10 Å². The number of amides is 1. The lowest BCUT2D eigenvalue weighted by Gasteiger charge is -2.14. The Kier molecular flexibility index (Phi) is 6.46. The Hall–Kier alpha value is -2.74. The quantitative estimate of drug-likeness (QED) is 0.746. The van der Waals surface area contributed by atoms with Gasteiger partial charge in [-0.3, -0.25) is 4.79 Å². The molecule has 0 radical (unpaired) electrons. The van der Waals surface area contributed by atoms with Crippen molar-refractivity contribution in [3.8, 4) is 5.69 Å². The lowest BCUT2D eigenvalue weighted by molar-refractivity contribution is -0.142. The van der Waals surface area contributed by atoms with E-state index in [0.717, 1.165) is 5.69 Å². The van der Waals surface area contributed by atoms with Gasteiger partial charge in [0, 0.05) is 31.4 Å². The Bertz CT molecular complexity index is 786. The van der Waals surface area contributed by atoms with Gasteiger partial charge in [-0.1, -0.05) is 0 Å². The van der Waals surface area contributed by atoms with Gasteiger partial charge in [-0.25, -0.2) is 13.9 Å². The minimum Gasteiger partial charge on any atom is -0.480 e. The van der Waals surface area contributed by atoms with Crippen LogP contribution in [0.15, 0.2) is 24.3 Å². The minimum absolute atomic E-state index is 0.00955. The van der Waals surface area contributed by atoms with Crippen molar-refractivity contribution in [3.05, 3.63) is 47.0 Å². The number of hydrogen-bond donors (Lipinski definition) is 2. The molecule has 0 aliphatic rings. The van der Waals surface area contributed by atoms with Gasteiger partial charge in [0.2, 0.25) is 5.91 Å². The number of nitrogens with one attached hydrogen (secondary N) is 1. The normalized spacial score (nSPS) is 12.0. The lowest BCUT2D eigenvalue weighted by atomic mass is 10.1. The molecule has 140 valence electrons. The molecular weight excluding hydrogens is 341 g/mol. The molecule has 0 bridgehead atoms. The molecule has 2 N–H and O–H groups in total. The fourth-order valence-corrected chi connectivity index (χ4v) is 2.66. The van der Waals surface area contributed by atoms with Crippen LogP contribution in [0.2, 0.25) is 0 Å². The first kappa shape index (κ1) is 19.6. The summed E-state index contributed by atoms with van der Waals surface area (Å²) in [7, 11) is 1.47. The summed E-state index contributed by atoms with van der Waals surface area (Å²) in [5.74, 6) is -1.85. The van der Waals surface area contributed by atoms with Crippen LogP contribution in [0.25, 0.3) is 5.69 Å². The molecule has 0 saturated carbocycles. The Morgan fingerprint density at radius 2 is 1.96 bits per heavy atom. The minimum atomic E-state index is -1.11. The molecule has 2 rings (SSSR count). The molecule has 1 aromatic carbocycles. The second kappa shape index (κ2) is 8.57. The smallest absolute Gasteiger partial charge is 0.326 e. The number of nitrogens with zero attached hydrogens (tertiary/aromatic N) is 2. The molecule has 1 unspecified atom stereocenters. The lowest BCUT2D eigenvalue weighted by Crippen LogP contribution is -2.42. The molecule has 1 amide bonds. The van der Waals surface area contributed by atoms with E-state index in [-0.39, 0.29) is 25.3 Å². The zero-order chi connectivity index (χ0) is 19.3. The van der Waals surface area contributed by atoms with Crippen molar-refractivity contribution >= 4 is 11.9 Å². The summed E-state index contributed by atoms with van der Waals surface area (Å²) in [6.07, 6.45) is 0.194. The van der Waals surface area contributed by atoms with Gasteiger partial charge in [0.05, 0.1) is 17.8 Å². The summed E-state index contributed by atoms with van der Waals surface area (Å²) in [6, 6.07) is 4.88. The summed E-state index contributed by atoms with van der Waals surface area (Å²) >= 11 is 0. The maximum absolute atomic E-state index is 13.1. The third-order valence-electron chi connectivity index (χ3n) is 4.09. The number of aryl methyl sites for hydroxylation is 1. The number of aromatic nitrogens is 2. The summed E-state index contributed by atoms with van der Waals surface area (Å²) < 4.78 is 19.6. The fraction of sp³-hybridized carbons (Fsp3) is 0.389. The average Bonchev–Trinajstić information content (AvgIpc) is 2.87. The van der Waals surface area contributed by atoms with Crippen molar-refractivity contribution in [2.24, 2.45) is 0 Å². The van der Waals surface area contributed by atoms with Crippen LogP contribution in [0.5, 0.6) is 0 Å². The number of hydrogen-bond acceptors (Lipinski definition) is 4. The van der Waals surface area contributed by atoms with E-state index in [4.69, 9.17) is 4.74 Å². The summed E-state index contributed by atoms with van der Waals surface area (Å²) in [5.41, 5.74) is 2.80. The van der Waals surface area contributed by atoms with E-state index in [1.54, 1.807) is 23.7 Å². The molecule has 0 fully saturated rings. The molecule has 1 heterocycles. The van der Waals surface area contributed by atoms with E-state index < -0.39 is 17.9 Å². The van der Waals surface area contributed by atoms with Crippen LogP contribution in [0.4, 0.5) is 4.39 Å². The van der Waals surface area contributed by atoms with Gasteiger partial charge < -0.3 is 15.2 Å². The number of aliphatic carboxylic acids is 1. The standard InChI is InChI=1S/C18H22FN3O4/c1-11-15(10-17(23)20-16(18(24)25)8-9-26-3)12(2)22(21-11)14-6-4-13(19)5-7-14/h4-7,16H,8-10H2,1-3H3,(H,20,23)(H,24,25). The molecule has 1 atom stereocenters.